The second-order valence-electron chi connectivity index (χ2n) is 4.88. The molecule has 0 amide bonds. The number of piperidine rings is 1. The molecule has 1 aromatic rings. The summed E-state index contributed by atoms with van der Waals surface area (Å²) in [4.78, 5) is 6.69. The molecule has 1 saturated heterocycles. The summed E-state index contributed by atoms with van der Waals surface area (Å²) in [5, 5.41) is 3.51. The summed E-state index contributed by atoms with van der Waals surface area (Å²) in [6.07, 6.45) is 7.60. The Balaban J connectivity index is 1.74. The first-order valence-electron chi connectivity index (χ1n) is 6.51. The molecule has 0 unspecified atom stereocenters. The summed E-state index contributed by atoms with van der Waals surface area (Å²) < 4.78 is 5.55. The number of rotatable bonds is 4. The highest BCUT2D eigenvalue weighted by atomic mass is 16.4. The first-order chi connectivity index (χ1) is 8.69. The number of oxazole rings is 1. The SMILES string of the molecule is C#CCN1CCC(NCc2nc(C)c(C)o2)CC1. The molecule has 0 bridgehead atoms. The van der Waals surface area contributed by atoms with E-state index < -0.39 is 0 Å². The highest BCUT2D eigenvalue weighted by Gasteiger charge is 2.18. The number of aryl methyl sites for hydroxylation is 2. The van der Waals surface area contributed by atoms with E-state index in [2.05, 4.69) is 21.1 Å². The maximum Gasteiger partial charge on any atom is 0.208 e. The molecule has 0 aliphatic carbocycles. The van der Waals surface area contributed by atoms with E-state index in [1.165, 1.54) is 0 Å². The Morgan fingerprint density at radius 3 is 2.72 bits per heavy atom. The van der Waals surface area contributed by atoms with Crippen molar-refractivity contribution in [2.75, 3.05) is 19.6 Å². The van der Waals surface area contributed by atoms with Crippen LogP contribution >= 0.6 is 0 Å². The van der Waals surface area contributed by atoms with E-state index in [1.807, 2.05) is 13.8 Å². The molecule has 2 rings (SSSR count). The van der Waals surface area contributed by atoms with Crippen molar-refractivity contribution in [1.82, 2.24) is 15.2 Å². The zero-order valence-electron chi connectivity index (χ0n) is 11.2. The van der Waals surface area contributed by atoms with Crippen molar-refractivity contribution in [1.29, 1.82) is 0 Å². The largest absolute Gasteiger partial charge is 0.444 e. The number of likely N-dealkylation sites (tertiary alicyclic amines) is 1. The van der Waals surface area contributed by atoms with Gasteiger partial charge in [0, 0.05) is 19.1 Å². The monoisotopic (exact) mass is 247 g/mol. The quantitative estimate of drug-likeness (QED) is 0.818. The minimum absolute atomic E-state index is 0.548. The second-order valence-corrected chi connectivity index (χ2v) is 4.88. The van der Waals surface area contributed by atoms with Crippen molar-refractivity contribution in [3.05, 3.63) is 17.3 Å². The van der Waals surface area contributed by atoms with Gasteiger partial charge in [-0.25, -0.2) is 4.98 Å². The first kappa shape index (κ1) is 13.1. The Hall–Kier alpha value is -1.31. The van der Waals surface area contributed by atoms with Crippen molar-refractivity contribution < 1.29 is 4.42 Å². The number of nitrogens with zero attached hydrogens (tertiary/aromatic N) is 2. The van der Waals surface area contributed by atoms with Crippen molar-refractivity contribution in [2.45, 2.75) is 39.3 Å². The standard InChI is InChI=1S/C14H21N3O/c1-4-7-17-8-5-13(6-9-17)15-10-14-16-11(2)12(3)18-14/h1,13,15H,5-10H2,2-3H3. The fourth-order valence-corrected chi connectivity index (χ4v) is 2.27. The third kappa shape index (κ3) is 3.34. The Morgan fingerprint density at radius 2 is 2.17 bits per heavy atom. The molecule has 4 heteroatoms. The van der Waals surface area contributed by atoms with Crippen LogP contribution in [-0.2, 0) is 6.54 Å². The maximum absolute atomic E-state index is 5.55. The van der Waals surface area contributed by atoms with E-state index in [0.29, 0.717) is 12.6 Å². The number of hydrogen-bond acceptors (Lipinski definition) is 4. The van der Waals surface area contributed by atoms with Gasteiger partial charge in [0.2, 0.25) is 5.89 Å². The van der Waals surface area contributed by atoms with Crippen LogP contribution < -0.4 is 5.32 Å². The lowest BCUT2D eigenvalue weighted by molar-refractivity contribution is 0.214. The van der Waals surface area contributed by atoms with Crippen LogP contribution in [0, 0.1) is 26.2 Å². The number of terminal acetylenes is 1. The van der Waals surface area contributed by atoms with Gasteiger partial charge in [0.15, 0.2) is 0 Å². The average Bonchev–Trinajstić information content (AvgIpc) is 2.68. The zero-order chi connectivity index (χ0) is 13.0. The van der Waals surface area contributed by atoms with E-state index >= 15 is 0 Å². The van der Waals surface area contributed by atoms with E-state index in [9.17, 15) is 0 Å². The van der Waals surface area contributed by atoms with Gasteiger partial charge >= 0.3 is 0 Å². The van der Waals surface area contributed by atoms with Crippen LogP contribution in [0.5, 0.6) is 0 Å². The Morgan fingerprint density at radius 1 is 1.44 bits per heavy atom. The topological polar surface area (TPSA) is 41.3 Å². The summed E-state index contributed by atoms with van der Waals surface area (Å²) in [7, 11) is 0. The van der Waals surface area contributed by atoms with Gasteiger partial charge in [0.25, 0.3) is 0 Å². The molecule has 0 aromatic carbocycles. The summed E-state index contributed by atoms with van der Waals surface area (Å²) >= 11 is 0. The van der Waals surface area contributed by atoms with Crippen LogP contribution in [0.4, 0.5) is 0 Å². The van der Waals surface area contributed by atoms with Crippen LogP contribution in [0.25, 0.3) is 0 Å². The smallest absolute Gasteiger partial charge is 0.208 e. The fraction of sp³-hybridized carbons (Fsp3) is 0.643. The van der Waals surface area contributed by atoms with Crippen molar-refractivity contribution in [3.63, 3.8) is 0 Å². The lowest BCUT2D eigenvalue weighted by Crippen LogP contribution is -2.42. The minimum atomic E-state index is 0.548. The average molecular weight is 247 g/mol. The number of hydrogen-bond donors (Lipinski definition) is 1. The second kappa shape index (κ2) is 6.03. The summed E-state index contributed by atoms with van der Waals surface area (Å²) in [5.74, 6) is 4.40. The molecule has 1 N–H and O–H groups in total. The number of nitrogens with one attached hydrogen (secondary N) is 1. The molecule has 0 radical (unpaired) electrons. The van der Waals surface area contributed by atoms with Gasteiger partial charge in [-0.2, -0.15) is 0 Å². The molecular formula is C14H21N3O. The highest BCUT2D eigenvalue weighted by molar-refractivity contribution is 5.05. The van der Waals surface area contributed by atoms with Gasteiger partial charge in [0.1, 0.15) is 5.76 Å². The Bertz CT molecular complexity index is 405. The van der Waals surface area contributed by atoms with Crippen LogP contribution in [0.1, 0.15) is 30.2 Å². The van der Waals surface area contributed by atoms with Crippen LogP contribution in [0.2, 0.25) is 0 Å². The molecule has 1 aliphatic rings. The predicted molar refractivity (Wildman–Crippen MR) is 71.1 cm³/mol. The molecule has 1 aliphatic heterocycles. The lowest BCUT2D eigenvalue weighted by atomic mass is 10.1. The molecule has 0 spiro atoms. The normalized spacial score (nSPS) is 17.8. The first-order valence-corrected chi connectivity index (χ1v) is 6.51. The minimum Gasteiger partial charge on any atom is -0.444 e. The molecule has 2 heterocycles. The highest BCUT2D eigenvalue weighted by Crippen LogP contribution is 2.12. The van der Waals surface area contributed by atoms with Crippen LogP contribution in [0.3, 0.4) is 0 Å². The molecule has 1 aromatic heterocycles. The molecule has 98 valence electrons. The maximum atomic E-state index is 5.55. The van der Waals surface area contributed by atoms with E-state index in [1.54, 1.807) is 0 Å². The van der Waals surface area contributed by atoms with Gasteiger partial charge in [0.05, 0.1) is 18.8 Å². The molecule has 18 heavy (non-hydrogen) atoms. The van der Waals surface area contributed by atoms with Crippen molar-refractivity contribution in [2.24, 2.45) is 0 Å². The molecule has 0 atom stereocenters. The lowest BCUT2D eigenvalue weighted by Gasteiger charge is -2.30. The van der Waals surface area contributed by atoms with E-state index in [0.717, 1.165) is 49.8 Å². The van der Waals surface area contributed by atoms with Crippen molar-refractivity contribution >= 4 is 0 Å². The molecule has 4 nitrogen and oxygen atoms in total. The fourth-order valence-electron chi connectivity index (χ4n) is 2.27. The summed E-state index contributed by atoms with van der Waals surface area (Å²) in [5.41, 5.74) is 0.982. The van der Waals surface area contributed by atoms with Gasteiger partial charge in [-0.05, 0) is 26.7 Å². The summed E-state index contributed by atoms with van der Waals surface area (Å²) in [6, 6.07) is 0.548. The number of aromatic nitrogens is 1. The third-order valence-corrected chi connectivity index (χ3v) is 3.52. The van der Waals surface area contributed by atoms with Crippen LogP contribution in [0.15, 0.2) is 4.42 Å². The van der Waals surface area contributed by atoms with Gasteiger partial charge in [-0.15, -0.1) is 6.42 Å². The van der Waals surface area contributed by atoms with E-state index in [4.69, 9.17) is 10.8 Å². The van der Waals surface area contributed by atoms with Crippen molar-refractivity contribution in [3.8, 4) is 12.3 Å². The Labute approximate surface area is 109 Å². The van der Waals surface area contributed by atoms with Gasteiger partial charge in [-0.1, -0.05) is 5.92 Å². The Kier molecular flexibility index (Phi) is 4.40. The predicted octanol–water partition coefficient (Wildman–Crippen LogP) is 1.48. The van der Waals surface area contributed by atoms with Crippen LogP contribution in [-0.4, -0.2) is 35.6 Å². The molecule has 1 fully saturated rings. The van der Waals surface area contributed by atoms with E-state index in [-0.39, 0.29) is 0 Å². The molecule has 0 saturated carbocycles. The third-order valence-electron chi connectivity index (χ3n) is 3.52. The zero-order valence-corrected chi connectivity index (χ0v) is 11.2. The molecular weight excluding hydrogens is 226 g/mol. The van der Waals surface area contributed by atoms with Gasteiger partial charge < -0.3 is 9.73 Å². The summed E-state index contributed by atoms with van der Waals surface area (Å²) in [6.45, 7) is 7.56. The van der Waals surface area contributed by atoms with Gasteiger partial charge in [-0.3, -0.25) is 4.90 Å².